The molecule has 0 spiro atoms. The lowest BCUT2D eigenvalue weighted by Crippen LogP contribution is -2.03. The summed E-state index contributed by atoms with van der Waals surface area (Å²) in [5.41, 5.74) is 0.489. The summed E-state index contributed by atoms with van der Waals surface area (Å²) in [7, 11) is 0. The summed E-state index contributed by atoms with van der Waals surface area (Å²) in [6, 6.07) is 3.87. The third-order valence-electron chi connectivity index (χ3n) is 3.49. The monoisotopic (exact) mass is 393 g/mol. The first-order valence-corrected chi connectivity index (χ1v) is 8.64. The summed E-state index contributed by atoms with van der Waals surface area (Å²) in [6.07, 6.45) is 1.31. The van der Waals surface area contributed by atoms with Crippen molar-refractivity contribution in [2.45, 2.75) is 13.8 Å². The van der Waals surface area contributed by atoms with E-state index in [1.165, 1.54) is 35.9 Å². The first kappa shape index (κ1) is 18.0. The Morgan fingerprint density at radius 2 is 2.15 bits per heavy atom. The molecule has 3 rings (SSSR count). The second-order valence-electron chi connectivity index (χ2n) is 5.11. The number of nitro groups is 1. The van der Waals surface area contributed by atoms with Gasteiger partial charge in [0.25, 0.3) is 5.69 Å². The summed E-state index contributed by atoms with van der Waals surface area (Å²) in [5.74, 6) is -0.0251. The van der Waals surface area contributed by atoms with Crippen molar-refractivity contribution in [3.05, 3.63) is 50.1 Å². The largest absolute Gasteiger partial charge is 0.462 e. The van der Waals surface area contributed by atoms with Gasteiger partial charge in [0.15, 0.2) is 0 Å². The van der Waals surface area contributed by atoms with Crippen molar-refractivity contribution < 1.29 is 19.2 Å². The van der Waals surface area contributed by atoms with Gasteiger partial charge in [0, 0.05) is 12.1 Å². The van der Waals surface area contributed by atoms with E-state index in [-0.39, 0.29) is 28.9 Å². The molecule has 0 unspecified atom stereocenters. The van der Waals surface area contributed by atoms with Gasteiger partial charge < -0.3 is 9.47 Å². The van der Waals surface area contributed by atoms with Crippen LogP contribution in [0.1, 0.15) is 22.2 Å². The molecule has 0 fully saturated rings. The zero-order chi connectivity index (χ0) is 18.8. The maximum Gasteiger partial charge on any atom is 0.348 e. The number of benzene rings is 1. The summed E-state index contributed by atoms with van der Waals surface area (Å²) < 4.78 is 10.8. The molecule has 8 nitrogen and oxygen atoms in total. The van der Waals surface area contributed by atoms with E-state index in [1.807, 2.05) is 0 Å². The number of carbonyl (C=O) groups is 1. The molecular weight excluding hydrogens is 382 g/mol. The Kier molecular flexibility index (Phi) is 5.01. The molecule has 0 N–H and O–H groups in total. The smallest absolute Gasteiger partial charge is 0.348 e. The molecular formula is C16H12ClN3O5S. The summed E-state index contributed by atoms with van der Waals surface area (Å²) in [6.45, 7) is 3.74. The summed E-state index contributed by atoms with van der Waals surface area (Å²) in [4.78, 5) is 31.6. The molecule has 134 valence electrons. The first-order chi connectivity index (χ1) is 12.4. The van der Waals surface area contributed by atoms with Crippen LogP contribution in [0.2, 0.25) is 5.02 Å². The number of aromatic nitrogens is 2. The highest BCUT2D eigenvalue weighted by Crippen LogP contribution is 2.38. The number of nitro benzene ring substituents is 1. The molecule has 26 heavy (non-hydrogen) atoms. The molecule has 10 heteroatoms. The Hall–Kier alpha value is -2.78. The van der Waals surface area contributed by atoms with Crippen LogP contribution >= 0.6 is 22.9 Å². The van der Waals surface area contributed by atoms with Crippen molar-refractivity contribution in [2.24, 2.45) is 0 Å². The molecule has 0 atom stereocenters. The Morgan fingerprint density at radius 1 is 1.38 bits per heavy atom. The van der Waals surface area contributed by atoms with Crippen LogP contribution in [0.25, 0.3) is 10.2 Å². The fourth-order valence-electron chi connectivity index (χ4n) is 2.30. The number of nitrogens with zero attached hydrogens (tertiary/aromatic N) is 3. The number of non-ortho nitro benzene ring substituents is 1. The van der Waals surface area contributed by atoms with Gasteiger partial charge in [-0.2, -0.15) is 0 Å². The molecule has 0 amide bonds. The van der Waals surface area contributed by atoms with Crippen LogP contribution in [-0.4, -0.2) is 27.5 Å². The van der Waals surface area contributed by atoms with E-state index in [4.69, 9.17) is 21.1 Å². The number of hydrogen-bond donors (Lipinski definition) is 0. The second kappa shape index (κ2) is 7.22. The molecule has 1 aromatic carbocycles. The minimum absolute atomic E-state index is 0.0736. The van der Waals surface area contributed by atoms with Crippen molar-refractivity contribution >= 4 is 44.8 Å². The van der Waals surface area contributed by atoms with Crippen LogP contribution in [0.4, 0.5) is 5.69 Å². The zero-order valence-corrected chi connectivity index (χ0v) is 15.3. The average Bonchev–Trinajstić information content (AvgIpc) is 2.94. The minimum Gasteiger partial charge on any atom is -0.462 e. The highest BCUT2D eigenvalue weighted by atomic mass is 35.5. The summed E-state index contributed by atoms with van der Waals surface area (Å²) in [5, 5.41) is 11.4. The van der Waals surface area contributed by atoms with Gasteiger partial charge in [-0.05, 0) is 25.5 Å². The van der Waals surface area contributed by atoms with Gasteiger partial charge in [-0.3, -0.25) is 10.1 Å². The third-order valence-corrected chi connectivity index (χ3v) is 4.96. The van der Waals surface area contributed by atoms with Gasteiger partial charge in [-0.25, -0.2) is 14.8 Å². The molecule has 0 aliphatic carbocycles. The molecule has 3 aromatic rings. The fraction of sp³-hybridized carbons (Fsp3) is 0.188. The molecule has 2 heterocycles. The Morgan fingerprint density at radius 3 is 2.81 bits per heavy atom. The van der Waals surface area contributed by atoms with E-state index < -0.39 is 10.9 Å². The Labute approximate surface area is 156 Å². The number of rotatable bonds is 5. The number of hydrogen-bond acceptors (Lipinski definition) is 8. The van der Waals surface area contributed by atoms with Gasteiger partial charge in [0.05, 0.1) is 21.9 Å². The molecule has 0 saturated heterocycles. The maximum atomic E-state index is 12.1. The highest BCUT2D eigenvalue weighted by molar-refractivity contribution is 7.20. The average molecular weight is 394 g/mol. The molecule has 0 saturated carbocycles. The number of ether oxygens (including phenoxy) is 2. The van der Waals surface area contributed by atoms with E-state index >= 15 is 0 Å². The number of esters is 1. The van der Waals surface area contributed by atoms with Gasteiger partial charge >= 0.3 is 5.97 Å². The van der Waals surface area contributed by atoms with E-state index in [0.29, 0.717) is 20.7 Å². The maximum absolute atomic E-state index is 12.1. The SMILES string of the molecule is CCOC(=O)c1sc2ncnc(Oc3ccc([N+](=O)[O-])cc3Cl)c2c1C. The second-order valence-corrected chi connectivity index (χ2v) is 6.52. The highest BCUT2D eigenvalue weighted by Gasteiger charge is 2.22. The first-order valence-electron chi connectivity index (χ1n) is 7.45. The van der Waals surface area contributed by atoms with Crippen molar-refractivity contribution in [3.8, 4) is 11.6 Å². The van der Waals surface area contributed by atoms with Crippen LogP contribution in [0.15, 0.2) is 24.5 Å². The molecule has 0 aliphatic heterocycles. The van der Waals surface area contributed by atoms with E-state index in [2.05, 4.69) is 9.97 Å². The normalized spacial score (nSPS) is 10.7. The van der Waals surface area contributed by atoms with Crippen LogP contribution in [0.5, 0.6) is 11.6 Å². The van der Waals surface area contributed by atoms with Crippen LogP contribution < -0.4 is 4.74 Å². The van der Waals surface area contributed by atoms with Crippen LogP contribution in [-0.2, 0) is 4.74 Å². The predicted octanol–water partition coefficient (Wildman–Crippen LogP) is 4.53. The Bertz CT molecular complexity index is 1020. The number of aryl methyl sites for hydroxylation is 1. The molecule has 2 aromatic heterocycles. The van der Waals surface area contributed by atoms with Crippen molar-refractivity contribution in [2.75, 3.05) is 6.61 Å². The van der Waals surface area contributed by atoms with E-state index in [0.717, 1.165) is 0 Å². The molecule has 0 aliphatic rings. The van der Waals surface area contributed by atoms with Gasteiger partial charge in [0.1, 0.15) is 21.8 Å². The topological polar surface area (TPSA) is 104 Å². The number of halogens is 1. The molecule has 0 radical (unpaired) electrons. The van der Waals surface area contributed by atoms with Crippen LogP contribution in [0.3, 0.4) is 0 Å². The van der Waals surface area contributed by atoms with Gasteiger partial charge in [-0.15, -0.1) is 11.3 Å². The number of fused-ring (bicyclic) bond motifs is 1. The number of carbonyl (C=O) groups excluding carboxylic acids is 1. The summed E-state index contributed by atoms with van der Waals surface area (Å²) >= 11 is 7.25. The lowest BCUT2D eigenvalue weighted by atomic mass is 10.2. The van der Waals surface area contributed by atoms with Crippen molar-refractivity contribution in [1.82, 2.24) is 9.97 Å². The number of thiophene rings is 1. The minimum atomic E-state index is -0.548. The zero-order valence-electron chi connectivity index (χ0n) is 13.7. The van der Waals surface area contributed by atoms with E-state index in [1.54, 1.807) is 13.8 Å². The molecule has 0 bridgehead atoms. The Balaban J connectivity index is 2.03. The lowest BCUT2D eigenvalue weighted by molar-refractivity contribution is -0.384. The standard InChI is InChI=1S/C16H12ClN3O5S/c1-3-24-16(21)13-8(2)12-14(18-7-19-15(12)26-13)25-11-5-4-9(20(22)23)6-10(11)17/h4-7H,3H2,1-2H3. The quantitative estimate of drug-likeness (QED) is 0.356. The van der Waals surface area contributed by atoms with Crippen molar-refractivity contribution in [3.63, 3.8) is 0 Å². The van der Waals surface area contributed by atoms with Gasteiger partial charge in [0.2, 0.25) is 5.88 Å². The van der Waals surface area contributed by atoms with Crippen molar-refractivity contribution in [1.29, 1.82) is 0 Å². The predicted molar refractivity (Wildman–Crippen MR) is 96.3 cm³/mol. The lowest BCUT2D eigenvalue weighted by Gasteiger charge is -2.08. The van der Waals surface area contributed by atoms with Crippen LogP contribution in [0, 0.1) is 17.0 Å². The van der Waals surface area contributed by atoms with E-state index in [9.17, 15) is 14.9 Å². The van der Waals surface area contributed by atoms with Gasteiger partial charge in [-0.1, -0.05) is 11.6 Å². The fourth-order valence-corrected chi connectivity index (χ4v) is 3.54. The third kappa shape index (κ3) is 3.31.